The summed E-state index contributed by atoms with van der Waals surface area (Å²) in [5.74, 6) is -0.0832. The van der Waals surface area contributed by atoms with Gasteiger partial charge < -0.3 is 10.1 Å². The number of benzene rings is 2. The lowest BCUT2D eigenvalue weighted by Gasteiger charge is -2.21. The van der Waals surface area contributed by atoms with Gasteiger partial charge in [0.15, 0.2) is 0 Å². The third-order valence-electron chi connectivity index (χ3n) is 4.68. The number of hydrazine groups is 1. The lowest BCUT2D eigenvalue weighted by atomic mass is 9.93. The highest BCUT2D eigenvalue weighted by atomic mass is 32.2. The largest absolute Gasteiger partial charge is 0.497 e. The van der Waals surface area contributed by atoms with E-state index in [0.717, 1.165) is 21.2 Å². The number of hydrogen-bond acceptors (Lipinski definition) is 5. The number of hydrogen-bond donors (Lipinski definition) is 2. The van der Waals surface area contributed by atoms with Crippen molar-refractivity contribution in [1.82, 2.24) is 15.8 Å². The maximum Gasteiger partial charge on any atom is 0.344 e. The third-order valence-corrected chi connectivity index (χ3v) is 5.70. The molecule has 0 aromatic heterocycles. The minimum absolute atomic E-state index is 0.0735. The number of aryl methyl sites for hydroxylation is 1. The summed E-state index contributed by atoms with van der Waals surface area (Å²) in [7, 11) is 1.58. The molecule has 0 radical (unpaired) electrons. The Bertz CT molecular complexity index is 889. The molecule has 2 aromatic carbocycles. The van der Waals surface area contributed by atoms with Gasteiger partial charge in [-0.05, 0) is 49.6 Å². The van der Waals surface area contributed by atoms with E-state index in [0.29, 0.717) is 12.8 Å². The van der Waals surface area contributed by atoms with Crippen LogP contribution in [-0.4, -0.2) is 41.3 Å². The number of ether oxygens (including phenoxy) is 1. The molecule has 1 aliphatic rings. The van der Waals surface area contributed by atoms with Crippen molar-refractivity contribution in [3.63, 3.8) is 0 Å². The van der Waals surface area contributed by atoms with E-state index in [-0.39, 0.29) is 5.75 Å². The molecule has 2 N–H and O–H groups in total. The van der Waals surface area contributed by atoms with Gasteiger partial charge in [-0.3, -0.25) is 15.0 Å². The van der Waals surface area contributed by atoms with Gasteiger partial charge >= 0.3 is 6.03 Å². The second kappa shape index (κ2) is 9.00. The smallest absolute Gasteiger partial charge is 0.344 e. The van der Waals surface area contributed by atoms with Crippen LogP contribution in [0.5, 0.6) is 5.75 Å². The molecule has 2 aromatic rings. The van der Waals surface area contributed by atoms with Crippen LogP contribution in [0.25, 0.3) is 0 Å². The van der Waals surface area contributed by atoms with Gasteiger partial charge in [0.05, 0.1) is 12.9 Å². The van der Waals surface area contributed by atoms with Crippen molar-refractivity contribution in [3.8, 4) is 5.75 Å². The Labute approximate surface area is 173 Å². The average Bonchev–Trinajstić information content (AvgIpc) is 2.95. The second-order valence-electron chi connectivity index (χ2n) is 6.89. The summed E-state index contributed by atoms with van der Waals surface area (Å²) < 4.78 is 5.10. The van der Waals surface area contributed by atoms with Crippen molar-refractivity contribution >= 4 is 29.6 Å². The molecule has 0 spiro atoms. The number of amides is 4. The van der Waals surface area contributed by atoms with Crippen LogP contribution in [0, 0.1) is 0 Å². The number of rotatable bonds is 8. The molecule has 8 heteroatoms. The first kappa shape index (κ1) is 20.7. The van der Waals surface area contributed by atoms with E-state index in [2.05, 4.69) is 10.7 Å². The lowest BCUT2D eigenvalue weighted by molar-refractivity contribution is -0.138. The summed E-state index contributed by atoms with van der Waals surface area (Å²) in [6.45, 7) is 1.68. The van der Waals surface area contributed by atoms with Gasteiger partial charge in [-0.1, -0.05) is 30.3 Å². The van der Waals surface area contributed by atoms with Crippen LogP contribution in [0.3, 0.4) is 0 Å². The summed E-state index contributed by atoms with van der Waals surface area (Å²) in [5, 5.41) is 3.47. The Morgan fingerprint density at radius 1 is 1.14 bits per heavy atom. The number of urea groups is 1. The fourth-order valence-electron chi connectivity index (χ4n) is 2.97. The van der Waals surface area contributed by atoms with E-state index < -0.39 is 23.4 Å². The number of nitrogens with zero attached hydrogens (tertiary/aromatic N) is 1. The quantitative estimate of drug-likeness (QED) is 0.513. The van der Waals surface area contributed by atoms with Crippen molar-refractivity contribution < 1.29 is 19.1 Å². The number of carbonyl (C=O) groups excluding carboxylic acids is 3. The molecule has 3 rings (SSSR count). The zero-order chi connectivity index (χ0) is 20.9. The van der Waals surface area contributed by atoms with Crippen LogP contribution in [0.2, 0.25) is 0 Å². The highest BCUT2D eigenvalue weighted by molar-refractivity contribution is 8.00. The Morgan fingerprint density at radius 3 is 2.48 bits per heavy atom. The molecule has 1 aliphatic heterocycles. The van der Waals surface area contributed by atoms with Gasteiger partial charge in [0, 0.05) is 4.90 Å². The number of thioether (sulfide) groups is 1. The van der Waals surface area contributed by atoms with Gasteiger partial charge in [-0.2, -0.15) is 5.01 Å². The minimum Gasteiger partial charge on any atom is -0.497 e. The Balaban J connectivity index is 1.53. The molecule has 1 fully saturated rings. The second-order valence-corrected chi connectivity index (χ2v) is 7.94. The van der Waals surface area contributed by atoms with E-state index in [1.165, 1.54) is 11.8 Å². The summed E-state index contributed by atoms with van der Waals surface area (Å²) in [6.07, 6.45) is 1.08. The molecule has 1 heterocycles. The van der Waals surface area contributed by atoms with Crippen LogP contribution in [0.4, 0.5) is 4.79 Å². The van der Waals surface area contributed by atoms with Crippen LogP contribution in [0.1, 0.15) is 18.9 Å². The van der Waals surface area contributed by atoms with Gasteiger partial charge in [-0.15, -0.1) is 11.8 Å². The first-order valence-corrected chi connectivity index (χ1v) is 10.2. The molecule has 0 unspecified atom stereocenters. The fraction of sp³-hybridized carbons (Fsp3) is 0.286. The number of carbonyl (C=O) groups is 3. The zero-order valence-electron chi connectivity index (χ0n) is 16.3. The van der Waals surface area contributed by atoms with Crippen LogP contribution in [0.15, 0.2) is 59.5 Å². The molecule has 152 valence electrons. The molecular weight excluding hydrogens is 390 g/mol. The number of nitrogens with one attached hydrogen (secondary N) is 2. The van der Waals surface area contributed by atoms with Crippen molar-refractivity contribution in [3.05, 3.63) is 60.2 Å². The van der Waals surface area contributed by atoms with Crippen molar-refractivity contribution in [1.29, 1.82) is 0 Å². The number of methoxy groups -OCH3 is 1. The highest BCUT2D eigenvalue weighted by Gasteiger charge is 2.48. The predicted molar refractivity (Wildman–Crippen MR) is 110 cm³/mol. The van der Waals surface area contributed by atoms with Crippen LogP contribution in [-0.2, 0) is 16.0 Å². The molecular formula is C21H23N3O4S. The molecule has 0 aliphatic carbocycles. The number of imide groups is 1. The van der Waals surface area contributed by atoms with Crippen molar-refractivity contribution in [2.24, 2.45) is 0 Å². The summed E-state index contributed by atoms with van der Waals surface area (Å²) >= 11 is 1.30. The Morgan fingerprint density at radius 2 is 1.83 bits per heavy atom. The topological polar surface area (TPSA) is 87.7 Å². The standard InChI is InChI=1S/C21H23N3O4S/c1-21(13-12-15-6-4-3-5-7-15)19(26)24(20(27)22-21)23-18(25)14-29-17-10-8-16(28-2)9-11-17/h3-11H,12-14H2,1-2H3,(H,22,27)(H,23,25)/t21-/m1/s1. The van der Waals surface area contributed by atoms with Gasteiger partial charge in [0.2, 0.25) is 5.91 Å². The lowest BCUT2D eigenvalue weighted by Crippen LogP contribution is -2.49. The van der Waals surface area contributed by atoms with E-state index in [1.807, 2.05) is 42.5 Å². The molecule has 7 nitrogen and oxygen atoms in total. The summed E-state index contributed by atoms with van der Waals surface area (Å²) in [5.41, 5.74) is 2.44. The maximum absolute atomic E-state index is 12.7. The van der Waals surface area contributed by atoms with Gasteiger partial charge in [0.25, 0.3) is 5.91 Å². The first-order chi connectivity index (χ1) is 13.9. The Kier molecular flexibility index (Phi) is 6.43. The van der Waals surface area contributed by atoms with E-state index in [1.54, 1.807) is 26.2 Å². The first-order valence-electron chi connectivity index (χ1n) is 9.18. The molecule has 1 atom stereocenters. The Hall–Kier alpha value is -3.00. The van der Waals surface area contributed by atoms with Crippen LogP contribution >= 0.6 is 11.8 Å². The van der Waals surface area contributed by atoms with Crippen LogP contribution < -0.4 is 15.5 Å². The van der Waals surface area contributed by atoms with Crippen molar-refractivity contribution in [2.75, 3.05) is 12.9 Å². The minimum atomic E-state index is -1.05. The predicted octanol–water partition coefficient (Wildman–Crippen LogP) is 2.76. The fourth-order valence-corrected chi connectivity index (χ4v) is 3.66. The third kappa shape index (κ3) is 5.08. The molecule has 4 amide bonds. The monoisotopic (exact) mass is 413 g/mol. The highest BCUT2D eigenvalue weighted by Crippen LogP contribution is 2.23. The molecule has 1 saturated heterocycles. The van der Waals surface area contributed by atoms with Crippen molar-refractivity contribution in [2.45, 2.75) is 30.2 Å². The van der Waals surface area contributed by atoms with Gasteiger partial charge in [0.1, 0.15) is 11.3 Å². The maximum atomic E-state index is 12.7. The normalized spacial score (nSPS) is 18.5. The van der Waals surface area contributed by atoms with Gasteiger partial charge in [-0.25, -0.2) is 4.79 Å². The SMILES string of the molecule is COc1ccc(SCC(=O)NN2C(=O)N[C@](C)(CCc3ccccc3)C2=O)cc1. The molecule has 0 saturated carbocycles. The zero-order valence-corrected chi connectivity index (χ0v) is 17.1. The summed E-state index contributed by atoms with van der Waals surface area (Å²) in [6, 6.07) is 16.4. The van der Waals surface area contributed by atoms with E-state index >= 15 is 0 Å². The summed E-state index contributed by atoms with van der Waals surface area (Å²) in [4.78, 5) is 38.1. The molecule has 0 bridgehead atoms. The average molecular weight is 413 g/mol. The molecule has 29 heavy (non-hydrogen) atoms. The van der Waals surface area contributed by atoms with E-state index in [9.17, 15) is 14.4 Å². The van der Waals surface area contributed by atoms with E-state index in [4.69, 9.17) is 4.74 Å².